The Morgan fingerprint density at radius 2 is 1.91 bits per heavy atom. The number of H-pyrrole nitrogens is 1. The maximum Gasteiger partial charge on any atom is 0.416 e. The minimum Gasteiger partial charge on any atom is -0.362 e. The van der Waals surface area contributed by atoms with Crippen molar-refractivity contribution >= 4 is 29.0 Å². The van der Waals surface area contributed by atoms with Crippen LogP contribution in [0.25, 0.3) is 11.1 Å². The Hall–Kier alpha value is -3.92. The zero-order chi connectivity index (χ0) is 24.3. The van der Waals surface area contributed by atoms with Crippen LogP contribution in [0.3, 0.4) is 0 Å². The molecule has 2 aromatic heterocycles. The zero-order valence-corrected chi connectivity index (χ0v) is 18.4. The van der Waals surface area contributed by atoms with E-state index in [1.54, 1.807) is 18.2 Å². The van der Waals surface area contributed by atoms with Gasteiger partial charge in [-0.15, -0.1) is 0 Å². The Morgan fingerprint density at radius 3 is 2.62 bits per heavy atom. The number of anilines is 2. The average molecular weight is 487 g/mol. The Labute approximate surface area is 197 Å². The highest BCUT2D eigenvalue weighted by atomic mass is 35.5. The van der Waals surface area contributed by atoms with E-state index in [4.69, 9.17) is 11.6 Å². The summed E-state index contributed by atoms with van der Waals surface area (Å²) in [6, 6.07) is 9.92. The number of benzene rings is 2. The number of halogens is 4. The number of aromatic nitrogens is 4. The first kappa shape index (κ1) is 23.2. The van der Waals surface area contributed by atoms with Crippen LogP contribution >= 0.6 is 11.6 Å². The van der Waals surface area contributed by atoms with Crippen LogP contribution in [0.15, 0.2) is 67.3 Å². The van der Waals surface area contributed by atoms with E-state index in [0.717, 1.165) is 17.7 Å². The van der Waals surface area contributed by atoms with Gasteiger partial charge in [0.15, 0.2) is 0 Å². The van der Waals surface area contributed by atoms with E-state index in [2.05, 4.69) is 30.8 Å². The maximum absolute atomic E-state index is 13.4. The highest BCUT2D eigenvalue weighted by Crippen LogP contribution is 2.33. The number of amides is 1. The van der Waals surface area contributed by atoms with Crippen LogP contribution in [0.4, 0.5) is 24.7 Å². The van der Waals surface area contributed by atoms with Crippen molar-refractivity contribution in [1.29, 1.82) is 0 Å². The van der Waals surface area contributed by atoms with Gasteiger partial charge in [-0.3, -0.25) is 14.9 Å². The molecule has 0 saturated carbocycles. The molecule has 3 N–H and O–H groups in total. The van der Waals surface area contributed by atoms with Crippen molar-refractivity contribution in [3.05, 3.63) is 89.1 Å². The van der Waals surface area contributed by atoms with Gasteiger partial charge in [0.25, 0.3) is 5.91 Å². The molecule has 174 valence electrons. The number of aromatic amines is 1. The average Bonchev–Trinajstić information content (AvgIpc) is 3.33. The molecule has 2 heterocycles. The SMILES string of the molecule is C[C@H](Nc1cncc(Cl)n1)c1cccc(NC(=O)c2cc(-c3cn[nH]c3)cc(C(F)(F)F)c2)c1. The smallest absolute Gasteiger partial charge is 0.362 e. The van der Waals surface area contributed by atoms with Crippen LogP contribution in [0, 0.1) is 0 Å². The third-order valence-electron chi connectivity index (χ3n) is 4.97. The van der Waals surface area contributed by atoms with Crippen molar-refractivity contribution in [3.63, 3.8) is 0 Å². The van der Waals surface area contributed by atoms with Gasteiger partial charge >= 0.3 is 6.18 Å². The highest BCUT2D eigenvalue weighted by Gasteiger charge is 2.32. The minimum absolute atomic E-state index is 0.128. The molecule has 7 nitrogen and oxygen atoms in total. The first-order valence-electron chi connectivity index (χ1n) is 10.1. The third kappa shape index (κ3) is 5.52. The van der Waals surface area contributed by atoms with Crippen LogP contribution in [0.5, 0.6) is 0 Å². The van der Waals surface area contributed by atoms with Crippen LogP contribution in [-0.4, -0.2) is 26.1 Å². The van der Waals surface area contributed by atoms with Gasteiger partial charge < -0.3 is 10.6 Å². The molecule has 1 amide bonds. The normalized spacial score (nSPS) is 12.3. The van der Waals surface area contributed by atoms with Crippen molar-refractivity contribution in [2.24, 2.45) is 0 Å². The van der Waals surface area contributed by atoms with E-state index in [9.17, 15) is 18.0 Å². The molecule has 0 radical (unpaired) electrons. The van der Waals surface area contributed by atoms with Gasteiger partial charge in [0.2, 0.25) is 0 Å². The Morgan fingerprint density at radius 1 is 1.09 bits per heavy atom. The molecule has 0 unspecified atom stereocenters. The lowest BCUT2D eigenvalue weighted by atomic mass is 10.0. The van der Waals surface area contributed by atoms with Gasteiger partial charge in [-0.1, -0.05) is 23.7 Å². The van der Waals surface area contributed by atoms with E-state index >= 15 is 0 Å². The number of carbonyl (C=O) groups excluding carboxylic acids is 1. The number of rotatable bonds is 6. The zero-order valence-electron chi connectivity index (χ0n) is 17.7. The Balaban J connectivity index is 1.56. The predicted molar refractivity (Wildman–Crippen MR) is 123 cm³/mol. The van der Waals surface area contributed by atoms with Crippen LogP contribution in [0.2, 0.25) is 5.15 Å². The fraction of sp³-hybridized carbons (Fsp3) is 0.130. The van der Waals surface area contributed by atoms with Crippen molar-refractivity contribution < 1.29 is 18.0 Å². The Kier molecular flexibility index (Phi) is 6.51. The van der Waals surface area contributed by atoms with E-state index in [1.165, 1.54) is 30.9 Å². The fourth-order valence-corrected chi connectivity index (χ4v) is 3.45. The number of nitrogens with zero attached hydrogens (tertiary/aromatic N) is 3. The van der Waals surface area contributed by atoms with Crippen molar-refractivity contribution in [2.45, 2.75) is 19.1 Å². The van der Waals surface area contributed by atoms with Crippen molar-refractivity contribution in [3.8, 4) is 11.1 Å². The molecule has 34 heavy (non-hydrogen) atoms. The summed E-state index contributed by atoms with van der Waals surface area (Å²) in [5.41, 5.74) is 0.842. The number of alkyl halides is 3. The molecule has 1 atom stereocenters. The molecular weight excluding hydrogens is 469 g/mol. The number of nitrogens with one attached hydrogen (secondary N) is 3. The molecular formula is C23H18ClF3N6O. The second-order valence-electron chi connectivity index (χ2n) is 7.46. The standard InChI is InChI=1S/C23H18ClF3N6O/c1-13(31-21-12-28-11-20(24)33-21)14-3-2-4-19(8-14)32-22(34)16-5-15(17-9-29-30-10-17)6-18(7-16)23(25,26)27/h2-13H,1H3,(H,29,30)(H,31,33)(H,32,34)/t13-/m0/s1. The summed E-state index contributed by atoms with van der Waals surface area (Å²) >= 11 is 5.86. The first-order valence-corrected chi connectivity index (χ1v) is 10.4. The second-order valence-corrected chi connectivity index (χ2v) is 7.84. The minimum atomic E-state index is -4.61. The predicted octanol–water partition coefficient (Wildman–Crippen LogP) is 5.96. The van der Waals surface area contributed by atoms with Gasteiger partial charge in [0.05, 0.1) is 30.2 Å². The largest absolute Gasteiger partial charge is 0.416 e. The molecule has 4 aromatic rings. The highest BCUT2D eigenvalue weighted by molar-refractivity contribution is 6.29. The quantitative estimate of drug-likeness (QED) is 0.312. The molecule has 11 heteroatoms. The Bertz CT molecular complexity index is 1310. The summed E-state index contributed by atoms with van der Waals surface area (Å²) in [6.07, 6.45) is 1.18. The molecule has 2 aromatic carbocycles. The monoisotopic (exact) mass is 486 g/mol. The third-order valence-corrected chi connectivity index (χ3v) is 5.15. The summed E-state index contributed by atoms with van der Waals surface area (Å²) in [7, 11) is 0. The topological polar surface area (TPSA) is 95.6 Å². The van der Waals surface area contributed by atoms with Crippen molar-refractivity contribution in [1.82, 2.24) is 20.2 Å². The number of carbonyl (C=O) groups is 1. The van der Waals surface area contributed by atoms with Gasteiger partial charge in [0, 0.05) is 23.0 Å². The molecule has 4 rings (SSSR count). The van der Waals surface area contributed by atoms with Crippen LogP contribution in [0.1, 0.15) is 34.5 Å². The molecule has 0 spiro atoms. The maximum atomic E-state index is 13.4. The summed E-state index contributed by atoms with van der Waals surface area (Å²) in [5.74, 6) is -0.195. The van der Waals surface area contributed by atoms with Crippen LogP contribution < -0.4 is 10.6 Å². The molecule has 0 aliphatic carbocycles. The van der Waals surface area contributed by atoms with Crippen LogP contribution in [-0.2, 0) is 6.18 Å². The fourth-order valence-electron chi connectivity index (χ4n) is 3.30. The molecule has 0 aliphatic rings. The van der Waals surface area contributed by atoms with E-state index in [0.29, 0.717) is 17.1 Å². The second kappa shape index (κ2) is 9.52. The molecule has 0 saturated heterocycles. The number of hydrogen-bond donors (Lipinski definition) is 3. The summed E-state index contributed by atoms with van der Waals surface area (Å²) in [5, 5.41) is 12.4. The molecule has 0 aliphatic heterocycles. The van der Waals surface area contributed by atoms with Gasteiger partial charge in [-0.25, -0.2) is 4.98 Å². The lowest BCUT2D eigenvalue weighted by molar-refractivity contribution is -0.137. The van der Waals surface area contributed by atoms with E-state index in [-0.39, 0.29) is 22.3 Å². The van der Waals surface area contributed by atoms with Gasteiger partial charge in [0.1, 0.15) is 11.0 Å². The summed E-state index contributed by atoms with van der Waals surface area (Å²) in [4.78, 5) is 21.0. The summed E-state index contributed by atoms with van der Waals surface area (Å²) < 4.78 is 40.3. The van der Waals surface area contributed by atoms with E-state index in [1.807, 2.05) is 13.0 Å². The van der Waals surface area contributed by atoms with Gasteiger partial charge in [-0.05, 0) is 48.4 Å². The number of hydrogen-bond acceptors (Lipinski definition) is 5. The lowest BCUT2D eigenvalue weighted by Gasteiger charge is -2.16. The summed E-state index contributed by atoms with van der Waals surface area (Å²) in [6.45, 7) is 1.88. The lowest BCUT2D eigenvalue weighted by Crippen LogP contribution is -2.15. The van der Waals surface area contributed by atoms with Gasteiger partial charge in [-0.2, -0.15) is 18.3 Å². The van der Waals surface area contributed by atoms with E-state index < -0.39 is 17.6 Å². The van der Waals surface area contributed by atoms with Crippen molar-refractivity contribution in [2.75, 3.05) is 10.6 Å². The molecule has 0 bridgehead atoms. The molecule has 0 fully saturated rings. The first-order chi connectivity index (χ1) is 16.2.